The highest BCUT2D eigenvalue weighted by Gasteiger charge is 2.09. The summed E-state index contributed by atoms with van der Waals surface area (Å²) in [6.07, 6.45) is 1.07. The van der Waals surface area contributed by atoms with E-state index in [0.717, 1.165) is 18.7 Å². The van der Waals surface area contributed by atoms with Crippen LogP contribution in [0, 0.1) is 0 Å². The summed E-state index contributed by atoms with van der Waals surface area (Å²) in [6, 6.07) is 12.6. The van der Waals surface area contributed by atoms with Crippen molar-refractivity contribution in [1.82, 2.24) is 10.6 Å². The number of hydrogen-bond donors (Lipinski definition) is 3. The first-order chi connectivity index (χ1) is 11.1. The lowest BCUT2D eigenvalue weighted by Gasteiger charge is -2.16. The SMILES string of the molecule is CC[C@H](NCc1ccc(NC(=O)NC(C)C)cc1)c1cccs1. The van der Waals surface area contributed by atoms with Crippen LogP contribution >= 0.6 is 11.3 Å². The molecule has 0 saturated carbocycles. The van der Waals surface area contributed by atoms with Crippen LogP contribution in [0.1, 0.15) is 43.7 Å². The maximum absolute atomic E-state index is 11.7. The molecule has 0 fully saturated rings. The van der Waals surface area contributed by atoms with Crippen LogP contribution in [-0.4, -0.2) is 12.1 Å². The van der Waals surface area contributed by atoms with Gasteiger partial charge < -0.3 is 16.0 Å². The summed E-state index contributed by atoms with van der Waals surface area (Å²) < 4.78 is 0. The summed E-state index contributed by atoms with van der Waals surface area (Å²) in [4.78, 5) is 13.0. The second kappa shape index (κ2) is 8.70. The molecule has 2 rings (SSSR count). The first kappa shape index (κ1) is 17.5. The average Bonchev–Trinajstić information content (AvgIpc) is 3.03. The Kier molecular flexibility index (Phi) is 6.62. The van der Waals surface area contributed by atoms with Gasteiger partial charge >= 0.3 is 6.03 Å². The molecule has 1 aromatic carbocycles. The van der Waals surface area contributed by atoms with Gasteiger partial charge in [0.05, 0.1) is 0 Å². The van der Waals surface area contributed by atoms with Crippen LogP contribution in [0.25, 0.3) is 0 Å². The first-order valence-corrected chi connectivity index (χ1v) is 8.89. The zero-order valence-electron chi connectivity index (χ0n) is 13.9. The highest BCUT2D eigenvalue weighted by molar-refractivity contribution is 7.10. The zero-order valence-corrected chi connectivity index (χ0v) is 14.7. The zero-order chi connectivity index (χ0) is 16.7. The molecule has 5 heteroatoms. The fourth-order valence-electron chi connectivity index (χ4n) is 2.31. The van der Waals surface area contributed by atoms with Gasteiger partial charge in [-0.05, 0) is 49.4 Å². The monoisotopic (exact) mass is 331 g/mol. The number of carbonyl (C=O) groups is 1. The molecule has 0 bridgehead atoms. The van der Waals surface area contributed by atoms with Crippen LogP contribution in [-0.2, 0) is 6.54 Å². The smallest absolute Gasteiger partial charge is 0.319 e. The number of urea groups is 1. The highest BCUT2D eigenvalue weighted by Crippen LogP contribution is 2.22. The van der Waals surface area contributed by atoms with Crippen molar-refractivity contribution in [2.24, 2.45) is 0 Å². The van der Waals surface area contributed by atoms with Crippen molar-refractivity contribution >= 4 is 23.1 Å². The number of benzene rings is 1. The van der Waals surface area contributed by atoms with Crippen LogP contribution < -0.4 is 16.0 Å². The molecular weight excluding hydrogens is 306 g/mol. The Labute approximate surface area is 142 Å². The van der Waals surface area contributed by atoms with Crippen LogP contribution in [0.3, 0.4) is 0 Å². The number of rotatable bonds is 7. The van der Waals surface area contributed by atoms with Gasteiger partial charge in [-0.1, -0.05) is 25.1 Å². The number of anilines is 1. The minimum absolute atomic E-state index is 0.127. The normalized spacial score (nSPS) is 12.2. The largest absolute Gasteiger partial charge is 0.336 e. The molecule has 0 spiro atoms. The van der Waals surface area contributed by atoms with E-state index in [2.05, 4.69) is 40.4 Å². The van der Waals surface area contributed by atoms with Crippen LogP contribution in [0.4, 0.5) is 10.5 Å². The fraction of sp³-hybridized carbons (Fsp3) is 0.389. The Morgan fingerprint density at radius 2 is 1.91 bits per heavy atom. The number of hydrogen-bond acceptors (Lipinski definition) is 3. The van der Waals surface area contributed by atoms with E-state index in [4.69, 9.17) is 0 Å². The van der Waals surface area contributed by atoms with Crippen LogP contribution in [0.5, 0.6) is 0 Å². The van der Waals surface area contributed by atoms with Gasteiger partial charge in [-0.25, -0.2) is 4.79 Å². The van der Waals surface area contributed by atoms with Crippen molar-refractivity contribution in [1.29, 1.82) is 0 Å². The van der Waals surface area contributed by atoms with E-state index in [9.17, 15) is 4.79 Å². The van der Waals surface area contributed by atoms with E-state index >= 15 is 0 Å². The molecule has 23 heavy (non-hydrogen) atoms. The molecule has 4 nitrogen and oxygen atoms in total. The molecule has 2 aromatic rings. The van der Waals surface area contributed by atoms with Crippen LogP contribution in [0.2, 0.25) is 0 Å². The quantitative estimate of drug-likeness (QED) is 0.699. The lowest BCUT2D eigenvalue weighted by Crippen LogP contribution is -2.34. The molecule has 0 radical (unpaired) electrons. The van der Waals surface area contributed by atoms with Gasteiger partial charge in [0, 0.05) is 29.2 Å². The lowest BCUT2D eigenvalue weighted by atomic mass is 10.1. The lowest BCUT2D eigenvalue weighted by molar-refractivity contribution is 0.250. The van der Waals surface area contributed by atoms with E-state index in [-0.39, 0.29) is 12.1 Å². The summed E-state index contributed by atoms with van der Waals surface area (Å²) in [5.41, 5.74) is 2.01. The first-order valence-electron chi connectivity index (χ1n) is 8.01. The van der Waals surface area contributed by atoms with Gasteiger partial charge in [0.2, 0.25) is 0 Å². The van der Waals surface area contributed by atoms with Crippen LogP contribution in [0.15, 0.2) is 41.8 Å². The standard InChI is InChI=1S/C18H25N3OS/c1-4-16(17-6-5-11-23-17)19-12-14-7-9-15(10-8-14)21-18(22)20-13(2)3/h5-11,13,16,19H,4,12H2,1-3H3,(H2,20,21,22)/t16-/m0/s1. The van der Waals surface area contributed by atoms with Gasteiger partial charge in [0.25, 0.3) is 0 Å². The molecule has 0 aliphatic heterocycles. The summed E-state index contributed by atoms with van der Waals surface area (Å²) >= 11 is 1.79. The summed E-state index contributed by atoms with van der Waals surface area (Å²) in [7, 11) is 0. The maximum atomic E-state index is 11.7. The van der Waals surface area contributed by atoms with E-state index in [1.54, 1.807) is 11.3 Å². The third-order valence-corrected chi connectivity index (χ3v) is 4.47. The van der Waals surface area contributed by atoms with Crippen molar-refractivity contribution in [3.63, 3.8) is 0 Å². The van der Waals surface area contributed by atoms with Gasteiger partial charge in [-0.3, -0.25) is 0 Å². The topological polar surface area (TPSA) is 53.2 Å². The molecule has 0 aliphatic rings. The van der Waals surface area contributed by atoms with Crippen molar-refractivity contribution in [3.05, 3.63) is 52.2 Å². The summed E-state index contributed by atoms with van der Waals surface area (Å²) in [5.74, 6) is 0. The predicted octanol–water partition coefficient (Wildman–Crippen LogP) is 4.52. The van der Waals surface area contributed by atoms with Crippen molar-refractivity contribution in [3.8, 4) is 0 Å². The third-order valence-electron chi connectivity index (χ3n) is 3.48. The Bertz CT molecular complexity index is 593. The molecule has 1 aromatic heterocycles. The van der Waals surface area contributed by atoms with Crippen molar-refractivity contribution in [2.75, 3.05) is 5.32 Å². The number of amides is 2. The Hall–Kier alpha value is -1.85. The van der Waals surface area contributed by atoms with Gasteiger partial charge in [0.15, 0.2) is 0 Å². The molecular formula is C18H25N3OS. The molecule has 124 valence electrons. The molecule has 1 heterocycles. The summed E-state index contributed by atoms with van der Waals surface area (Å²) in [6.45, 7) is 6.88. The molecule has 0 saturated heterocycles. The molecule has 0 aliphatic carbocycles. The van der Waals surface area contributed by atoms with E-state index in [1.807, 2.05) is 38.1 Å². The predicted molar refractivity (Wildman–Crippen MR) is 97.9 cm³/mol. The minimum atomic E-state index is -0.172. The fourth-order valence-corrected chi connectivity index (χ4v) is 3.20. The second-order valence-corrected chi connectivity index (χ2v) is 6.79. The van der Waals surface area contributed by atoms with E-state index < -0.39 is 0 Å². The Morgan fingerprint density at radius 1 is 1.17 bits per heavy atom. The van der Waals surface area contributed by atoms with Gasteiger partial charge in [-0.2, -0.15) is 0 Å². The molecule has 0 unspecified atom stereocenters. The average molecular weight is 331 g/mol. The summed E-state index contributed by atoms with van der Waals surface area (Å²) in [5, 5.41) is 11.3. The van der Waals surface area contributed by atoms with E-state index in [0.29, 0.717) is 6.04 Å². The number of nitrogens with one attached hydrogen (secondary N) is 3. The van der Waals surface area contributed by atoms with Crippen molar-refractivity contribution < 1.29 is 4.79 Å². The van der Waals surface area contributed by atoms with Gasteiger partial charge in [-0.15, -0.1) is 11.3 Å². The van der Waals surface area contributed by atoms with E-state index in [1.165, 1.54) is 10.4 Å². The van der Waals surface area contributed by atoms with Crippen molar-refractivity contribution in [2.45, 2.75) is 45.8 Å². The highest BCUT2D eigenvalue weighted by atomic mass is 32.1. The maximum Gasteiger partial charge on any atom is 0.319 e. The molecule has 2 amide bonds. The number of carbonyl (C=O) groups excluding carboxylic acids is 1. The number of thiophene rings is 1. The Balaban J connectivity index is 1.86. The molecule has 3 N–H and O–H groups in total. The van der Waals surface area contributed by atoms with Gasteiger partial charge in [0.1, 0.15) is 0 Å². The minimum Gasteiger partial charge on any atom is -0.336 e. The third kappa shape index (κ3) is 5.69. The second-order valence-electron chi connectivity index (χ2n) is 5.81. The Morgan fingerprint density at radius 3 is 2.48 bits per heavy atom. The molecule has 1 atom stereocenters.